The predicted octanol–water partition coefficient (Wildman–Crippen LogP) is 2.58. The van der Waals surface area contributed by atoms with E-state index >= 15 is 0 Å². The first-order valence-electron chi connectivity index (χ1n) is 4.35. The Morgan fingerprint density at radius 1 is 1.44 bits per heavy atom. The van der Waals surface area contributed by atoms with Crippen LogP contribution in [0.25, 0.3) is 0 Å². The lowest BCUT2D eigenvalue weighted by Crippen LogP contribution is -2.11. The maximum absolute atomic E-state index is 11.1. The number of carbonyl (C=O) groups excluding carboxylic acids is 1. The molecule has 82 valence electrons. The van der Waals surface area contributed by atoms with Crippen LogP contribution in [-0.4, -0.2) is 10.9 Å². The van der Waals surface area contributed by atoms with Crippen LogP contribution in [0, 0.1) is 0 Å². The molecule has 0 atom stereocenters. The number of hydrogen-bond donors (Lipinski definition) is 1. The van der Waals surface area contributed by atoms with Gasteiger partial charge in [0.25, 0.3) is 5.22 Å². The smallest absolute Gasteiger partial charge is 0.262 e. The van der Waals surface area contributed by atoms with Crippen LogP contribution < -0.4 is 5.73 Å². The standard InChI is InChI=1S/C10H7ClN2O2S/c11-8-5-13-10(15-8)16-7-4-2-1-3-6(7)9(12)14/h1-5H,(H2,12,14). The fraction of sp³-hybridized carbons (Fsp3) is 0. The van der Waals surface area contributed by atoms with Crippen molar-refractivity contribution in [1.82, 2.24) is 4.98 Å². The molecule has 1 heterocycles. The molecule has 0 unspecified atom stereocenters. The Hall–Kier alpha value is -1.46. The van der Waals surface area contributed by atoms with E-state index in [0.717, 1.165) is 0 Å². The molecule has 1 aromatic carbocycles. The molecule has 0 aliphatic rings. The summed E-state index contributed by atoms with van der Waals surface area (Å²) in [6, 6.07) is 6.96. The van der Waals surface area contributed by atoms with Crippen molar-refractivity contribution in [1.29, 1.82) is 0 Å². The minimum Gasteiger partial charge on any atom is -0.419 e. The van der Waals surface area contributed by atoms with Gasteiger partial charge in [-0.2, -0.15) is 0 Å². The summed E-state index contributed by atoms with van der Waals surface area (Å²) < 4.78 is 5.09. The lowest BCUT2D eigenvalue weighted by atomic mass is 10.2. The Morgan fingerprint density at radius 3 is 2.81 bits per heavy atom. The Morgan fingerprint density at radius 2 is 2.19 bits per heavy atom. The summed E-state index contributed by atoms with van der Waals surface area (Å²) in [5, 5.41) is 0.581. The fourth-order valence-corrected chi connectivity index (χ4v) is 2.16. The summed E-state index contributed by atoms with van der Waals surface area (Å²) in [4.78, 5) is 15.8. The number of nitrogens with zero attached hydrogens (tertiary/aromatic N) is 1. The van der Waals surface area contributed by atoms with Gasteiger partial charge in [-0.25, -0.2) is 4.98 Å². The molecule has 0 saturated carbocycles. The number of aromatic nitrogens is 1. The zero-order valence-electron chi connectivity index (χ0n) is 8.01. The number of oxazole rings is 1. The van der Waals surface area contributed by atoms with E-state index in [1.165, 1.54) is 18.0 Å². The molecule has 16 heavy (non-hydrogen) atoms. The molecule has 6 heteroatoms. The summed E-state index contributed by atoms with van der Waals surface area (Å²) in [6.45, 7) is 0. The molecule has 1 aromatic heterocycles. The zero-order valence-corrected chi connectivity index (χ0v) is 9.59. The van der Waals surface area contributed by atoms with Crippen molar-refractivity contribution in [2.24, 2.45) is 5.73 Å². The highest BCUT2D eigenvalue weighted by Crippen LogP contribution is 2.30. The van der Waals surface area contributed by atoms with Crippen molar-refractivity contribution in [2.75, 3.05) is 0 Å². The maximum Gasteiger partial charge on any atom is 0.262 e. The number of carbonyl (C=O) groups is 1. The monoisotopic (exact) mass is 254 g/mol. The van der Waals surface area contributed by atoms with Crippen LogP contribution >= 0.6 is 23.4 Å². The Labute approximate surface area is 101 Å². The Kier molecular flexibility index (Phi) is 3.17. The SMILES string of the molecule is NC(=O)c1ccccc1Sc1ncc(Cl)o1. The number of rotatable bonds is 3. The van der Waals surface area contributed by atoms with E-state index < -0.39 is 5.91 Å². The number of nitrogens with two attached hydrogens (primary N) is 1. The second-order valence-corrected chi connectivity index (χ2v) is 4.26. The van der Waals surface area contributed by atoms with E-state index in [-0.39, 0.29) is 5.22 Å². The van der Waals surface area contributed by atoms with E-state index in [0.29, 0.717) is 15.7 Å². The van der Waals surface area contributed by atoms with Gasteiger partial charge in [-0.15, -0.1) is 0 Å². The molecule has 0 fully saturated rings. The first kappa shape index (κ1) is 11.0. The number of halogens is 1. The number of hydrogen-bond acceptors (Lipinski definition) is 4. The summed E-state index contributed by atoms with van der Waals surface area (Å²) >= 11 is 6.80. The predicted molar refractivity (Wildman–Crippen MR) is 60.6 cm³/mol. The van der Waals surface area contributed by atoms with Crippen molar-refractivity contribution in [3.63, 3.8) is 0 Å². The third-order valence-corrected chi connectivity index (χ3v) is 2.92. The normalized spacial score (nSPS) is 10.3. The molecule has 1 amide bonds. The second kappa shape index (κ2) is 4.59. The topological polar surface area (TPSA) is 69.1 Å². The highest BCUT2D eigenvalue weighted by Gasteiger charge is 2.11. The largest absolute Gasteiger partial charge is 0.419 e. The second-order valence-electron chi connectivity index (χ2n) is 2.89. The molecule has 0 saturated heterocycles. The molecule has 0 spiro atoms. The molecule has 0 radical (unpaired) electrons. The summed E-state index contributed by atoms with van der Waals surface area (Å²) in [5.74, 6) is -0.485. The van der Waals surface area contributed by atoms with Crippen molar-refractivity contribution in [3.05, 3.63) is 41.2 Å². The van der Waals surface area contributed by atoms with Gasteiger partial charge < -0.3 is 10.2 Å². The number of benzene rings is 1. The number of primary amides is 1. The molecule has 2 aromatic rings. The van der Waals surface area contributed by atoms with Gasteiger partial charge in [-0.3, -0.25) is 4.79 Å². The molecule has 4 nitrogen and oxygen atoms in total. The van der Waals surface area contributed by atoms with Crippen molar-refractivity contribution in [3.8, 4) is 0 Å². The van der Waals surface area contributed by atoms with Crippen LogP contribution in [0.4, 0.5) is 0 Å². The van der Waals surface area contributed by atoms with Gasteiger partial charge >= 0.3 is 0 Å². The maximum atomic E-state index is 11.1. The van der Waals surface area contributed by atoms with Crippen molar-refractivity contribution in [2.45, 2.75) is 10.1 Å². The first-order valence-corrected chi connectivity index (χ1v) is 5.54. The summed E-state index contributed by atoms with van der Waals surface area (Å²) in [6.07, 6.45) is 1.40. The average Bonchev–Trinajstić information content (AvgIpc) is 2.64. The van der Waals surface area contributed by atoms with Crippen LogP contribution in [-0.2, 0) is 0 Å². The van der Waals surface area contributed by atoms with Crippen molar-refractivity contribution >= 4 is 29.3 Å². The number of amides is 1. The lowest BCUT2D eigenvalue weighted by molar-refractivity contribution is 0.0997. The van der Waals surface area contributed by atoms with Crippen molar-refractivity contribution < 1.29 is 9.21 Å². The van der Waals surface area contributed by atoms with E-state index in [9.17, 15) is 4.79 Å². The molecular formula is C10H7ClN2O2S. The minimum atomic E-state index is -0.485. The van der Waals surface area contributed by atoms with Crippen LogP contribution in [0.2, 0.25) is 5.22 Å². The van der Waals surface area contributed by atoms with Gasteiger partial charge in [0, 0.05) is 4.90 Å². The van der Waals surface area contributed by atoms with Gasteiger partial charge in [-0.05, 0) is 35.5 Å². The highest BCUT2D eigenvalue weighted by molar-refractivity contribution is 7.99. The van der Waals surface area contributed by atoms with E-state index in [2.05, 4.69) is 4.98 Å². The third kappa shape index (κ3) is 2.37. The molecule has 2 rings (SSSR count). The van der Waals surface area contributed by atoms with E-state index in [4.69, 9.17) is 21.8 Å². The van der Waals surface area contributed by atoms with Gasteiger partial charge in [0.1, 0.15) is 0 Å². The third-order valence-electron chi connectivity index (χ3n) is 1.81. The lowest BCUT2D eigenvalue weighted by Gasteiger charge is -2.02. The van der Waals surface area contributed by atoms with Gasteiger partial charge in [0.2, 0.25) is 11.1 Å². The van der Waals surface area contributed by atoms with Gasteiger partial charge in [0.15, 0.2) is 0 Å². The molecule has 0 aliphatic carbocycles. The Bertz CT molecular complexity index is 527. The van der Waals surface area contributed by atoms with Crippen LogP contribution in [0.3, 0.4) is 0 Å². The highest BCUT2D eigenvalue weighted by atomic mass is 35.5. The minimum absolute atomic E-state index is 0.207. The Balaban J connectivity index is 2.31. The fourth-order valence-electron chi connectivity index (χ4n) is 1.14. The summed E-state index contributed by atoms with van der Waals surface area (Å²) in [5.41, 5.74) is 5.68. The van der Waals surface area contributed by atoms with Crippen LogP contribution in [0.5, 0.6) is 0 Å². The molecule has 0 bridgehead atoms. The van der Waals surface area contributed by atoms with Gasteiger partial charge in [0.05, 0.1) is 11.8 Å². The zero-order chi connectivity index (χ0) is 11.5. The molecular weight excluding hydrogens is 248 g/mol. The van der Waals surface area contributed by atoms with Gasteiger partial charge in [-0.1, -0.05) is 12.1 Å². The summed E-state index contributed by atoms with van der Waals surface area (Å²) in [7, 11) is 0. The quantitative estimate of drug-likeness (QED) is 0.914. The molecule has 0 aliphatic heterocycles. The van der Waals surface area contributed by atoms with E-state index in [1.54, 1.807) is 24.3 Å². The molecule has 2 N–H and O–H groups in total. The van der Waals surface area contributed by atoms with Crippen LogP contribution in [0.1, 0.15) is 10.4 Å². The van der Waals surface area contributed by atoms with Crippen LogP contribution in [0.15, 0.2) is 45.0 Å². The first-order chi connectivity index (χ1) is 7.66. The average molecular weight is 255 g/mol. The van der Waals surface area contributed by atoms with E-state index in [1.807, 2.05) is 0 Å².